The number of phenolic OH excluding ortho intramolecular Hbond substituents is 1. The van der Waals surface area contributed by atoms with E-state index in [2.05, 4.69) is 15.9 Å². The van der Waals surface area contributed by atoms with Crippen LogP contribution in [-0.2, 0) is 4.79 Å². The van der Waals surface area contributed by atoms with Crippen molar-refractivity contribution >= 4 is 21.9 Å². The normalized spacial score (nSPS) is 12.2. The average Bonchev–Trinajstić information content (AvgIpc) is 2.19. The fourth-order valence-corrected chi connectivity index (χ4v) is 1.66. The minimum absolute atomic E-state index is 0.146. The SMILES string of the molecule is COc1cc(Br)c(C(N)C(=O)O)cc1O. The highest BCUT2D eigenvalue weighted by Gasteiger charge is 2.19. The second-order valence-corrected chi connectivity index (χ2v) is 3.72. The van der Waals surface area contributed by atoms with Gasteiger partial charge in [0.1, 0.15) is 6.04 Å². The number of carboxylic acid groups (broad SMARTS) is 1. The Balaban J connectivity index is 3.21. The van der Waals surface area contributed by atoms with E-state index in [1.54, 1.807) is 0 Å². The first kappa shape index (κ1) is 11.8. The molecule has 0 bridgehead atoms. The Kier molecular flexibility index (Phi) is 3.54. The Morgan fingerprint density at radius 2 is 2.20 bits per heavy atom. The average molecular weight is 276 g/mol. The number of phenols is 1. The highest BCUT2D eigenvalue weighted by atomic mass is 79.9. The van der Waals surface area contributed by atoms with Crippen LogP contribution in [0.2, 0.25) is 0 Å². The van der Waals surface area contributed by atoms with Crippen LogP contribution in [0.4, 0.5) is 0 Å². The molecule has 0 amide bonds. The van der Waals surface area contributed by atoms with Crippen molar-refractivity contribution in [1.29, 1.82) is 0 Å². The fourth-order valence-electron chi connectivity index (χ4n) is 1.09. The van der Waals surface area contributed by atoms with E-state index >= 15 is 0 Å². The van der Waals surface area contributed by atoms with Crippen molar-refractivity contribution < 1.29 is 19.7 Å². The van der Waals surface area contributed by atoms with Crippen LogP contribution in [0.25, 0.3) is 0 Å². The zero-order chi connectivity index (χ0) is 11.6. The lowest BCUT2D eigenvalue weighted by Crippen LogP contribution is -2.21. The molecule has 0 fully saturated rings. The van der Waals surface area contributed by atoms with Gasteiger partial charge in [0.05, 0.1) is 7.11 Å². The molecule has 5 nitrogen and oxygen atoms in total. The van der Waals surface area contributed by atoms with E-state index in [4.69, 9.17) is 15.6 Å². The number of halogens is 1. The number of carboxylic acids is 1. The van der Waals surface area contributed by atoms with Crippen molar-refractivity contribution in [3.63, 3.8) is 0 Å². The van der Waals surface area contributed by atoms with E-state index in [1.807, 2.05) is 0 Å². The summed E-state index contributed by atoms with van der Waals surface area (Å²) in [5, 5.41) is 18.2. The van der Waals surface area contributed by atoms with E-state index in [-0.39, 0.29) is 11.5 Å². The molecule has 1 atom stereocenters. The summed E-state index contributed by atoms with van der Waals surface area (Å²) in [6.45, 7) is 0. The fraction of sp³-hybridized carbons (Fsp3) is 0.222. The predicted octanol–water partition coefficient (Wildman–Crippen LogP) is 1.25. The maximum absolute atomic E-state index is 10.7. The summed E-state index contributed by atoms with van der Waals surface area (Å²) < 4.78 is 5.33. The first-order chi connectivity index (χ1) is 6.97. The number of carbonyl (C=O) groups is 1. The number of aromatic hydroxyl groups is 1. The number of nitrogens with two attached hydrogens (primary N) is 1. The molecule has 1 unspecified atom stereocenters. The molecule has 0 radical (unpaired) electrons. The van der Waals surface area contributed by atoms with Crippen LogP contribution in [-0.4, -0.2) is 23.3 Å². The summed E-state index contributed by atoms with van der Waals surface area (Å²) in [7, 11) is 1.40. The van der Waals surface area contributed by atoms with Gasteiger partial charge in [-0.2, -0.15) is 0 Å². The molecule has 0 saturated carbocycles. The van der Waals surface area contributed by atoms with Gasteiger partial charge in [0.25, 0.3) is 0 Å². The quantitative estimate of drug-likeness (QED) is 0.772. The summed E-state index contributed by atoms with van der Waals surface area (Å²) in [6.07, 6.45) is 0. The molecule has 0 aliphatic rings. The summed E-state index contributed by atoms with van der Waals surface area (Å²) in [5.74, 6) is -1.06. The topological polar surface area (TPSA) is 92.8 Å². The van der Waals surface area contributed by atoms with Crippen molar-refractivity contribution in [2.75, 3.05) is 7.11 Å². The Morgan fingerprint density at radius 1 is 1.60 bits per heavy atom. The zero-order valence-corrected chi connectivity index (χ0v) is 9.48. The molecule has 0 spiro atoms. The van der Waals surface area contributed by atoms with Crippen molar-refractivity contribution in [2.24, 2.45) is 5.73 Å². The molecule has 1 rings (SSSR count). The van der Waals surface area contributed by atoms with E-state index in [0.29, 0.717) is 10.0 Å². The van der Waals surface area contributed by atoms with Crippen LogP contribution in [0.3, 0.4) is 0 Å². The summed E-state index contributed by atoms with van der Waals surface area (Å²) in [4.78, 5) is 10.7. The molecule has 82 valence electrons. The second-order valence-electron chi connectivity index (χ2n) is 2.86. The van der Waals surface area contributed by atoms with Gasteiger partial charge in [0.15, 0.2) is 11.5 Å². The smallest absolute Gasteiger partial charge is 0.325 e. The molecular weight excluding hydrogens is 266 g/mol. The highest BCUT2D eigenvalue weighted by molar-refractivity contribution is 9.10. The molecule has 0 saturated heterocycles. The third-order valence-corrected chi connectivity index (χ3v) is 2.59. The molecule has 15 heavy (non-hydrogen) atoms. The molecule has 0 aliphatic carbocycles. The van der Waals surface area contributed by atoms with Gasteiger partial charge in [-0.3, -0.25) is 4.79 Å². The van der Waals surface area contributed by atoms with Gasteiger partial charge < -0.3 is 20.7 Å². The minimum Gasteiger partial charge on any atom is -0.504 e. The molecule has 1 aromatic rings. The maximum Gasteiger partial charge on any atom is 0.325 e. The van der Waals surface area contributed by atoms with E-state index < -0.39 is 12.0 Å². The first-order valence-corrected chi connectivity index (χ1v) is 4.81. The monoisotopic (exact) mass is 275 g/mol. The van der Waals surface area contributed by atoms with Crippen molar-refractivity contribution in [3.8, 4) is 11.5 Å². The van der Waals surface area contributed by atoms with Crippen LogP contribution in [0.5, 0.6) is 11.5 Å². The van der Waals surface area contributed by atoms with Gasteiger partial charge >= 0.3 is 5.97 Å². The molecule has 0 aliphatic heterocycles. The number of methoxy groups -OCH3 is 1. The molecule has 1 aromatic carbocycles. The largest absolute Gasteiger partial charge is 0.504 e. The van der Waals surface area contributed by atoms with Gasteiger partial charge in [0, 0.05) is 4.47 Å². The standard InChI is InChI=1S/C9H10BrNO4/c1-15-7-3-5(10)4(2-6(7)12)8(11)9(13)14/h2-3,8,12H,11H2,1H3,(H,13,14). The van der Waals surface area contributed by atoms with Crippen molar-refractivity contribution in [2.45, 2.75) is 6.04 Å². The van der Waals surface area contributed by atoms with Gasteiger partial charge in [-0.15, -0.1) is 0 Å². The van der Waals surface area contributed by atoms with Crippen LogP contribution in [0.1, 0.15) is 11.6 Å². The number of hydrogen-bond acceptors (Lipinski definition) is 4. The van der Waals surface area contributed by atoms with Gasteiger partial charge in [-0.1, -0.05) is 15.9 Å². The number of rotatable bonds is 3. The minimum atomic E-state index is -1.18. The lowest BCUT2D eigenvalue weighted by atomic mass is 10.1. The van der Waals surface area contributed by atoms with Crippen LogP contribution < -0.4 is 10.5 Å². The van der Waals surface area contributed by atoms with Crippen molar-refractivity contribution in [3.05, 3.63) is 22.2 Å². The van der Waals surface area contributed by atoms with Crippen LogP contribution in [0.15, 0.2) is 16.6 Å². The number of benzene rings is 1. The molecule has 0 aromatic heterocycles. The second kappa shape index (κ2) is 4.50. The number of hydrogen-bond donors (Lipinski definition) is 3. The number of aliphatic carboxylic acids is 1. The van der Waals surface area contributed by atoms with Crippen LogP contribution >= 0.6 is 15.9 Å². The lowest BCUT2D eigenvalue weighted by molar-refractivity contribution is -0.138. The summed E-state index contributed by atoms with van der Waals surface area (Å²) >= 11 is 3.16. The Bertz CT molecular complexity index is 394. The third kappa shape index (κ3) is 2.40. The number of ether oxygens (including phenoxy) is 1. The van der Waals surface area contributed by atoms with Crippen LogP contribution in [0, 0.1) is 0 Å². The maximum atomic E-state index is 10.7. The van der Waals surface area contributed by atoms with Gasteiger partial charge in [0.2, 0.25) is 0 Å². The van der Waals surface area contributed by atoms with Gasteiger partial charge in [-0.25, -0.2) is 0 Å². The predicted molar refractivity (Wildman–Crippen MR) is 56.9 cm³/mol. The zero-order valence-electron chi connectivity index (χ0n) is 7.90. The third-order valence-electron chi connectivity index (χ3n) is 1.90. The van der Waals surface area contributed by atoms with E-state index in [0.717, 1.165) is 0 Å². The molecule has 4 N–H and O–H groups in total. The molecule has 6 heteroatoms. The summed E-state index contributed by atoms with van der Waals surface area (Å²) in [5.41, 5.74) is 5.71. The Labute approximate surface area is 94.6 Å². The highest BCUT2D eigenvalue weighted by Crippen LogP contribution is 2.34. The summed E-state index contributed by atoms with van der Waals surface area (Å²) in [6, 6.07) is 1.55. The van der Waals surface area contributed by atoms with Gasteiger partial charge in [-0.05, 0) is 17.7 Å². The molecule has 0 heterocycles. The molecular formula is C9H10BrNO4. The first-order valence-electron chi connectivity index (χ1n) is 4.02. The van der Waals surface area contributed by atoms with Crippen molar-refractivity contribution in [1.82, 2.24) is 0 Å². The Hall–Kier alpha value is -1.27. The van der Waals surface area contributed by atoms with E-state index in [1.165, 1.54) is 19.2 Å². The lowest BCUT2D eigenvalue weighted by Gasteiger charge is -2.12. The Morgan fingerprint density at radius 3 is 2.67 bits per heavy atom. The van der Waals surface area contributed by atoms with E-state index in [9.17, 15) is 9.90 Å².